The molecule has 1 unspecified atom stereocenters. The lowest BCUT2D eigenvalue weighted by molar-refractivity contribution is -0.167. The van der Waals surface area contributed by atoms with Gasteiger partial charge in [-0.1, -0.05) is 272 Å². The van der Waals surface area contributed by atoms with E-state index in [4.69, 9.17) is 14.2 Å². The van der Waals surface area contributed by atoms with Gasteiger partial charge in [-0.3, -0.25) is 14.4 Å². The van der Waals surface area contributed by atoms with E-state index < -0.39 is 6.10 Å². The van der Waals surface area contributed by atoms with Crippen molar-refractivity contribution in [3.05, 3.63) is 97.2 Å². The molecule has 0 aromatic heterocycles. The van der Waals surface area contributed by atoms with Gasteiger partial charge in [-0.15, -0.1) is 0 Å². The number of carbonyl (C=O) groups excluding carboxylic acids is 3. The lowest BCUT2D eigenvalue weighted by Gasteiger charge is -2.18. The summed E-state index contributed by atoms with van der Waals surface area (Å²) in [6.07, 6.45) is 85.6. The zero-order valence-corrected chi connectivity index (χ0v) is 50.0. The molecule has 0 bridgehead atoms. The fourth-order valence-corrected chi connectivity index (χ4v) is 8.97. The Morgan fingerprint density at radius 2 is 0.539 bits per heavy atom. The molecule has 0 aliphatic rings. The van der Waals surface area contributed by atoms with Crippen LogP contribution in [0.3, 0.4) is 0 Å². The number of rotatable bonds is 58. The standard InChI is InChI=1S/C70H120O6/c1-4-7-10-13-16-19-22-24-26-28-30-32-33-34-35-36-37-39-40-42-44-46-48-51-54-57-60-63-69(72)75-66-67(65-74-68(71)62-59-56-53-50-21-18-15-12-9-6-3)76-70(73)64-61-58-55-52-49-47-45-43-41-38-31-29-27-25-23-20-17-14-11-8-5-2/h7,10,12,15-16,19,23-26,29-32,34-35,67H,4-6,8-9,11,13-14,17-18,20-22,27-28,33,36-66H2,1-3H3/b10-7-,15-12-,19-16-,25-23-,26-24-,31-29-,32-30-,35-34-. The van der Waals surface area contributed by atoms with Crippen molar-refractivity contribution < 1.29 is 28.6 Å². The van der Waals surface area contributed by atoms with Crippen LogP contribution in [0.4, 0.5) is 0 Å². The molecule has 0 radical (unpaired) electrons. The van der Waals surface area contributed by atoms with Crippen LogP contribution >= 0.6 is 0 Å². The van der Waals surface area contributed by atoms with Crippen molar-refractivity contribution in [1.29, 1.82) is 0 Å². The molecule has 0 heterocycles. The summed E-state index contributed by atoms with van der Waals surface area (Å²) >= 11 is 0. The first-order valence-corrected chi connectivity index (χ1v) is 32.2. The van der Waals surface area contributed by atoms with Crippen LogP contribution in [-0.4, -0.2) is 37.2 Å². The third kappa shape index (κ3) is 61.2. The minimum absolute atomic E-state index is 0.0825. The van der Waals surface area contributed by atoms with E-state index in [-0.39, 0.29) is 31.1 Å². The highest BCUT2D eigenvalue weighted by Gasteiger charge is 2.19. The largest absolute Gasteiger partial charge is 0.462 e. The Morgan fingerprint density at radius 3 is 0.868 bits per heavy atom. The Morgan fingerprint density at radius 1 is 0.276 bits per heavy atom. The van der Waals surface area contributed by atoms with Gasteiger partial charge in [0.1, 0.15) is 13.2 Å². The van der Waals surface area contributed by atoms with Gasteiger partial charge in [0.05, 0.1) is 0 Å². The van der Waals surface area contributed by atoms with Crippen LogP contribution in [0.1, 0.15) is 310 Å². The van der Waals surface area contributed by atoms with Crippen LogP contribution in [0, 0.1) is 0 Å². The lowest BCUT2D eigenvalue weighted by atomic mass is 10.0. The minimum atomic E-state index is -0.785. The summed E-state index contributed by atoms with van der Waals surface area (Å²) in [5, 5.41) is 0. The van der Waals surface area contributed by atoms with E-state index in [9.17, 15) is 14.4 Å². The summed E-state index contributed by atoms with van der Waals surface area (Å²) in [4.78, 5) is 38.2. The molecule has 6 nitrogen and oxygen atoms in total. The van der Waals surface area contributed by atoms with Gasteiger partial charge in [0.15, 0.2) is 6.10 Å². The van der Waals surface area contributed by atoms with Crippen molar-refractivity contribution in [1.82, 2.24) is 0 Å². The Kier molecular flexibility index (Phi) is 60.8. The minimum Gasteiger partial charge on any atom is -0.462 e. The monoisotopic (exact) mass is 1060 g/mol. The van der Waals surface area contributed by atoms with Crippen molar-refractivity contribution >= 4 is 17.9 Å². The van der Waals surface area contributed by atoms with Crippen LogP contribution in [0.5, 0.6) is 0 Å². The first-order chi connectivity index (χ1) is 37.5. The number of esters is 3. The van der Waals surface area contributed by atoms with Crippen molar-refractivity contribution in [3.8, 4) is 0 Å². The maximum Gasteiger partial charge on any atom is 0.306 e. The molecule has 1 atom stereocenters. The van der Waals surface area contributed by atoms with Crippen molar-refractivity contribution in [3.63, 3.8) is 0 Å². The summed E-state index contributed by atoms with van der Waals surface area (Å²) in [7, 11) is 0. The molecule has 0 saturated carbocycles. The van der Waals surface area contributed by atoms with Gasteiger partial charge in [-0.25, -0.2) is 0 Å². The third-order valence-corrected chi connectivity index (χ3v) is 13.8. The van der Waals surface area contributed by atoms with E-state index >= 15 is 0 Å². The first-order valence-electron chi connectivity index (χ1n) is 32.2. The number of ether oxygens (including phenoxy) is 3. The van der Waals surface area contributed by atoms with E-state index in [0.717, 1.165) is 109 Å². The average Bonchev–Trinajstić information content (AvgIpc) is 3.42. The van der Waals surface area contributed by atoms with E-state index in [1.165, 1.54) is 161 Å². The fraction of sp³-hybridized carbons (Fsp3) is 0.729. The van der Waals surface area contributed by atoms with Crippen LogP contribution in [-0.2, 0) is 28.6 Å². The molecule has 0 rings (SSSR count). The molecular weight excluding hydrogens is 937 g/mol. The molecule has 0 N–H and O–H groups in total. The lowest BCUT2D eigenvalue weighted by Crippen LogP contribution is -2.30. The van der Waals surface area contributed by atoms with Gasteiger partial charge in [-0.2, -0.15) is 0 Å². The second-order valence-electron chi connectivity index (χ2n) is 21.3. The number of carbonyl (C=O) groups is 3. The van der Waals surface area contributed by atoms with Gasteiger partial charge in [0.25, 0.3) is 0 Å². The molecular formula is C70H120O6. The maximum absolute atomic E-state index is 12.9. The summed E-state index contributed by atoms with van der Waals surface area (Å²) in [6.45, 7) is 6.46. The van der Waals surface area contributed by atoms with Crippen molar-refractivity contribution in [2.75, 3.05) is 13.2 Å². The van der Waals surface area contributed by atoms with E-state index in [0.29, 0.717) is 19.3 Å². The van der Waals surface area contributed by atoms with Gasteiger partial charge < -0.3 is 14.2 Å². The molecule has 0 amide bonds. The third-order valence-electron chi connectivity index (χ3n) is 13.8. The summed E-state index contributed by atoms with van der Waals surface area (Å²) in [6, 6.07) is 0. The molecule has 76 heavy (non-hydrogen) atoms. The topological polar surface area (TPSA) is 78.9 Å². The van der Waals surface area contributed by atoms with Crippen molar-refractivity contribution in [2.24, 2.45) is 0 Å². The van der Waals surface area contributed by atoms with Crippen molar-refractivity contribution in [2.45, 2.75) is 316 Å². The molecule has 0 aliphatic carbocycles. The number of hydrogen-bond donors (Lipinski definition) is 0. The molecule has 436 valence electrons. The van der Waals surface area contributed by atoms with Gasteiger partial charge >= 0.3 is 17.9 Å². The molecule has 0 aromatic carbocycles. The zero-order valence-electron chi connectivity index (χ0n) is 50.0. The van der Waals surface area contributed by atoms with Crippen LogP contribution < -0.4 is 0 Å². The average molecular weight is 1060 g/mol. The smallest absolute Gasteiger partial charge is 0.306 e. The van der Waals surface area contributed by atoms with Crippen LogP contribution in [0.25, 0.3) is 0 Å². The van der Waals surface area contributed by atoms with Gasteiger partial charge in [0.2, 0.25) is 0 Å². The Hall–Kier alpha value is -3.67. The van der Waals surface area contributed by atoms with Crippen LogP contribution in [0.2, 0.25) is 0 Å². The Labute approximate surface area is 470 Å². The first kappa shape index (κ1) is 72.3. The normalized spacial score (nSPS) is 12.7. The SMILES string of the molecule is CC/C=C\C/C=C\C/C=C\C/C=C\C/C=C\CCCCCCCCCCCCCC(=O)OCC(COC(=O)CCCCCCC/C=C\CCC)OC(=O)CCCCCCCCCCC/C=C\C/C=C\CCCCCCC. The summed E-state index contributed by atoms with van der Waals surface area (Å²) in [5.41, 5.74) is 0. The Balaban J connectivity index is 4.24. The number of allylic oxidation sites excluding steroid dienone is 16. The number of unbranched alkanes of at least 4 members (excludes halogenated alkanes) is 31. The fourth-order valence-electron chi connectivity index (χ4n) is 8.97. The quantitative estimate of drug-likeness (QED) is 0.0261. The zero-order chi connectivity index (χ0) is 55.0. The molecule has 0 aromatic rings. The number of hydrogen-bond acceptors (Lipinski definition) is 6. The maximum atomic E-state index is 12.9. The second kappa shape index (κ2) is 63.9. The summed E-state index contributed by atoms with van der Waals surface area (Å²) in [5.74, 6) is -0.892. The molecule has 0 fully saturated rings. The van der Waals surface area contributed by atoms with E-state index in [1.54, 1.807) is 0 Å². The molecule has 6 heteroatoms. The predicted molar refractivity (Wildman–Crippen MR) is 330 cm³/mol. The van der Waals surface area contributed by atoms with Gasteiger partial charge in [0, 0.05) is 19.3 Å². The van der Waals surface area contributed by atoms with E-state index in [2.05, 4.69) is 118 Å². The van der Waals surface area contributed by atoms with Crippen LogP contribution in [0.15, 0.2) is 97.2 Å². The molecule has 0 aliphatic heterocycles. The molecule has 0 saturated heterocycles. The predicted octanol–water partition coefficient (Wildman–Crippen LogP) is 22.0. The highest BCUT2D eigenvalue weighted by atomic mass is 16.6. The molecule has 0 spiro atoms. The second-order valence-corrected chi connectivity index (χ2v) is 21.3. The Bertz CT molecular complexity index is 1490. The van der Waals surface area contributed by atoms with E-state index in [1.807, 2.05) is 0 Å². The highest BCUT2D eigenvalue weighted by molar-refractivity contribution is 5.71. The highest BCUT2D eigenvalue weighted by Crippen LogP contribution is 2.16. The summed E-state index contributed by atoms with van der Waals surface area (Å²) < 4.78 is 16.9. The van der Waals surface area contributed by atoms with Gasteiger partial charge in [-0.05, 0) is 116 Å².